The number of rotatable bonds is 3. The molecule has 2 heteroatoms. The Kier molecular flexibility index (Phi) is 2.85. The van der Waals surface area contributed by atoms with Crippen LogP contribution in [0.2, 0.25) is 0 Å². The van der Waals surface area contributed by atoms with Crippen molar-refractivity contribution in [3.05, 3.63) is 65.2 Å². The molecule has 1 spiro atoms. The summed E-state index contributed by atoms with van der Waals surface area (Å²) in [6, 6.07) is 16.1. The van der Waals surface area contributed by atoms with Gasteiger partial charge in [0.05, 0.1) is 0 Å². The molecule has 0 unspecified atom stereocenters. The Bertz CT molecular complexity index is 684. The third kappa shape index (κ3) is 2.25. The predicted octanol–water partition coefficient (Wildman–Crippen LogP) is 4.17. The molecule has 0 saturated heterocycles. The van der Waals surface area contributed by atoms with Crippen LogP contribution in [0.5, 0.6) is 5.75 Å². The molecule has 2 aromatic carbocycles. The molecule has 0 atom stereocenters. The van der Waals surface area contributed by atoms with Crippen molar-refractivity contribution >= 4 is 5.78 Å². The van der Waals surface area contributed by atoms with Gasteiger partial charge in [-0.2, -0.15) is 0 Å². The van der Waals surface area contributed by atoms with Gasteiger partial charge in [0.25, 0.3) is 0 Å². The number of ether oxygens (including phenoxy) is 1. The summed E-state index contributed by atoms with van der Waals surface area (Å²) in [5, 5.41) is 0. The van der Waals surface area contributed by atoms with E-state index < -0.39 is 0 Å². The highest BCUT2D eigenvalue weighted by molar-refractivity contribution is 6.04. The van der Waals surface area contributed by atoms with Crippen LogP contribution in [0.4, 0.5) is 0 Å². The molecule has 0 aromatic heterocycles. The van der Waals surface area contributed by atoms with Crippen LogP contribution in [0, 0.1) is 5.41 Å². The standard InChI is InChI=1S/C19H18O2/c20-18-17-7-6-16(21-13-14-4-2-1-3-5-14)12-15(17)8-9-19(18)10-11-19/h1-7,12H,8-11,13H2. The van der Waals surface area contributed by atoms with E-state index >= 15 is 0 Å². The number of fused-ring (bicyclic) bond motifs is 1. The summed E-state index contributed by atoms with van der Waals surface area (Å²) in [7, 11) is 0. The van der Waals surface area contributed by atoms with Crippen molar-refractivity contribution in [1.29, 1.82) is 0 Å². The van der Waals surface area contributed by atoms with Crippen molar-refractivity contribution in [2.24, 2.45) is 5.41 Å². The van der Waals surface area contributed by atoms with Gasteiger partial charge < -0.3 is 4.74 Å². The van der Waals surface area contributed by atoms with Crippen molar-refractivity contribution in [1.82, 2.24) is 0 Å². The van der Waals surface area contributed by atoms with Crippen LogP contribution in [0.15, 0.2) is 48.5 Å². The topological polar surface area (TPSA) is 26.3 Å². The third-order valence-electron chi connectivity index (χ3n) is 4.78. The van der Waals surface area contributed by atoms with Crippen LogP contribution in [0.1, 0.15) is 40.7 Å². The minimum absolute atomic E-state index is 0.0133. The summed E-state index contributed by atoms with van der Waals surface area (Å²) in [6.07, 6.45) is 4.18. The van der Waals surface area contributed by atoms with Gasteiger partial charge in [0.1, 0.15) is 12.4 Å². The molecule has 0 heterocycles. The van der Waals surface area contributed by atoms with Crippen molar-refractivity contribution in [3.8, 4) is 5.75 Å². The van der Waals surface area contributed by atoms with Crippen LogP contribution in [0.3, 0.4) is 0 Å². The molecule has 2 aromatic rings. The van der Waals surface area contributed by atoms with Gasteiger partial charge in [-0.15, -0.1) is 0 Å². The molecule has 1 saturated carbocycles. The van der Waals surface area contributed by atoms with E-state index in [0.717, 1.165) is 48.1 Å². The van der Waals surface area contributed by atoms with E-state index in [-0.39, 0.29) is 5.41 Å². The summed E-state index contributed by atoms with van der Waals surface area (Å²) < 4.78 is 5.85. The van der Waals surface area contributed by atoms with Gasteiger partial charge in [-0.05, 0) is 55.0 Å². The van der Waals surface area contributed by atoms with Crippen molar-refractivity contribution in [2.75, 3.05) is 0 Å². The number of aryl methyl sites for hydroxylation is 1. The fraction of sp³-hybridized carbons (Fsp3) is 0.316. The molecule has 2 aliphatic rings. The lowest BCUT2D eigenvalue weighted by molar-refractivity contribution is 0.0880. The van der Waals surface area contributed by atoms with E-state index in [1.54, 1.807) is 0 Å². The smallest absolute Gasteiger partial charge is 0.169 e. The molecular formula is C19H18O2. The maximum Gasteiger partial charge on any atom is 0.169 e. The lowest BCUT2D eigenvalue weighted by Gasteiger charge is -2.23. The highest BCUT2D eigenvalue weighted by Gasteiger charge is 2.51. The zero-order chi connectivity index (χ0) is 14.3. The molecule has 2 aliphatic carbocycles. The van der Waals surface area contributed by atoms with Crippen LogP contribution in [-0.4, -0.2) is 5.78 Å². The van der Waals surface area contributed by atoms with Crippen molar-refractivity contribution < 1.29 is 9.53 Å². The Morgan fingerprint density at radius 1 is 1.00 bits per heavy atom. The first-order chi connectivity index (χ1) is 10.3. The van der Waals surface area contributed by atoms with Gasteiger partial charge in [-0.1, -0.05) is 30.3 Å². The molecule has 0 amide bonds. The number of hydrogen-bond acceptors (Lipinski definition) is 2. The molecule has 0 N–H and O–H groups in total. The lowest BCUT2D eigenvalue weighted by Crippen LogP contribution is -2.23. The zero-order valence-corrected chi connectivity index (χ0v) is 12.0. The van der Waals surface area contributed by atoms with Crippen LogP contribution in [0.25, 0.3) is 0 Å². The minimum Gasteiger partial charge on any atom is -0.489 e. The number of hydrogen-bond donors (Lipinski definition) is 0. The maximum atomic E-state index is 12.5. The SMILES string of the molecule is O=C1c2ccc(OCc3ccccc3)cc2CCC12CC2. The number of benzene rings is 2. The zero-order valence-electron chi connectivity index (χ0n) is 12.0. The van der Waals surface area contributed by atoms with E-state index in [0.29, 0.717) is 12.4 Å². The van der Waals surface area contributed by atoms with Crippen LogP contribution in [-0.2, 0) is 13.0 Å². The number of Topliss-reactive ketones (excluding diaryl/α,β-unsaturated/α-hetero) is 1. The molecular weight excluding hydrogens is 260 g/mol. The first kappa shape index (κ1) is 12.6. The van der Waals surface area contributed by atoms with Crippen molar-refractivity contribution in [3.63, 3.8) is 0 Å². The predicted molar refractivity (Wildman–Crippen MR) is 81.5 cm³/mol. The van der Waals surface area contributed by atoms with E-state index in [9.17, 15) is 4.79 Å². The molecule has 0 bridgehead atoms. The van der Waals surface area contributed by atoms with Gasteiger partial charge in [0, 0.05) is 11.0 Å². The first-order valence-electron chi connectivity index (χ1n) is 7.61. The van der Waals surface area contributed by atoms with Gasteiger partial charge >= 0.3 is 0 Å². The first-order valence-corrected chi connectivity index (χ1v) is 7.61. The van der Waals surface area contributed by atoms with Gasteiger partial charge in [-0.25, -0.2) is 0 Å². The van der Waals surface area contributed by atoms with E-state index in [2.05, 4.69) is 12.1 Å². The Labute approximate surface area is 124 Å². The summed E-state index contributed by atoms with van der Waals surface area (Å²) in [5.41, 5.74) is 3.25. The second-order valence-electron chi connectivity index (χ2n) is 6.20. The Balaban J connectivity index is 1.52. The molecule has 106 valence electrons. The summed E-state index contributed by atoms with van der Waals surface area (Å²) in [6.45, 7) is 0.567. The lowest BCUT2D eigenvalue weighted by atomic mass is 9.80. The third-order valence-corrected chi connectivity index (χ3v) is 4.78. The van der Waals surface area contributed by atoms with E-state index in [1.807, 2.05) is 36.4 Å². The van der Waals surface area contributed by atoms with Crippen LogP contribution < -0.4 is 4.74 Å². The average molecular weight is 278 g/mol. The summed E-state index contributed by atoms with van der Waals surface area (Å²) in [5.74, 6) is 1.22. The van der Waals surface area contributed by atoms with Gasteiger partial charge in [0.15, 0.2) is 5.78 Å². The monoisotopic (exact) mass is 278 g/mol. The average Bonchev–Trinajstić information content (AvgIpc) is 3.31. The van der Waals surface area contributed by atoms with Gasteiger partial charge in [0.2, 0.25) is 0 Å². The Hall–Kier alpha value is -2.09. The van der Waals surface area contributed by atoms with Gasteiger partial charge in [-0.3, -0.25) is 4.79 Å². The highest BCUT2D eigenvalue weighted by atomic mass is 16.5. The fourth-order valence-electron chi connectivity index (χ4n) is 3.23. The number of carbonyl (C=O) groups excluding carboxylic acids is 1. The molecule has 0 aliphatic heterocycles. The fourth-order valence-corrected chi connectivity index (χ4v) is 3.23. The normalized spacial score (nSPS) is 18.4. The largest absolute Gasteiger partial charge is 0.489 e. The summed E-state index contributed by atoms with van der Waals surface area (Å²) >= 11 is 0. The molecule has 1 fully saturated rings. The molecule has 4 rings (SSSR count). The Morgan fingerprint density at radius 2 is 1.81 bits per heavy atom. The van der Waals surface area contributed by atoms with E-state index in [1.165, 1.54) is 0 Å². The second-order valence-corrected chi connectivity index (χ2v) is 6.20. The van der Waals surface area contributed by atoms with Crippen molar-refractivity contribution in [2.45, 2.75) is 32.3 Å². The summed E-state index contributed by atoms with van der Waals surface area (Å²) in [4.78, 5) is 12.5. The molecule has 0 radical (unpaired) electrons. The van der Waals surface area contributed by atoms with Crippen LogP contribution >= 0.6 is 0 Å². The number of carbonyl (C=O) groups is 1. The molecule has 2 nitrogen and oxygen atoms in total. The van der Waals surface area contributed by atoms with E-state index in [4.69, 9.17) is 4.74 Å². The molecule has 21 heavy (non-hydrogen) atoms. The number of ketones is 1. The Morgan fingerprint density at radius 3 is 2.57 bits per heavy atom. The minimum atomic E-state index is 0.0133. The quantitative estimate of drug-likeness (QED) is 0.842. The second kappa shape index (κ2) is 4.73. The highest BCUT2D eigenvalue weighted by Crippen LogP contribution is 2.54. The maximum absolute atomic E-state index is 12.5.